The van der Waals surface area contributed by atoms with Crippen LogP contribution in [0.5, 0.6) is 0 Å². The highest BCUT2D eigenvalue weighted by Gasteiger charge is 2.10. The van der Waals surface area contributed by atoms with Crippen LogP contribution >= 0.6 is 0 Å². The van der Waals surface area contributed by atoms with E-state index >= 15 is 0 Å². The Morgan fingerprint density at radius 3 is 2.48 bits per heavy atom. The third-order valence-corrected chi connectivity index (χ3v) is 3.01. The molecule has 5 nitrogen and oxygen atoms in total. The van der Waals surface area contributed by atoms with Gasteiger partial charge in [-0.1, -0.05) is 13.0 Å². The lowest BCUT2D eigenvalue weighted by atomic mass is 10.1. The van der Waals surface area contributed by atoms with Gasteiger partial charge in [-0.25, -0.2) is 4.68 Å². The zero-order valence-corrected chi connectivity index (χ0v) is 12.5. The van der Waals surface area contributed by atoms with E-state index < -0.39 is 0 Å². The van der Waals surface area contributed by atoms with Crippen molar-refractivity contribution in [3.05, 3.63) is 57.5 Å². The van der Waals surface area contributed by atoms with Crippen LogP contribution in [0, 0.1) is 13.8 Å². The molecule has 1 heterocycles. The van der Waals surface area contributed by atoms with E-state index in [9.17, 15) is 9.59 Å². The van der Waals surface area contributed by atoms with Crippen molar-refractivity contribution in [1.29, 1.82) is 0 Å². The van der Waals surface area contributed by atoms with Gasteiger partial charge in [-0.3, -0.25) is 9.59 Å². The molecule has 2 rings (SSSR count). The molecule has 0 atom stereocenters. The number of nitrogens with zero attached hydrogens (tertiary/aromatic N) is 2. The van der Waals surface area contributed by atoms with Gasteiger partial charge in [-0.15, -0.1) is 0 Å². The second-order valence-corrected chi connectivity index (χ2v) is 5.11. The smallest absolute Gasteiger partial charge is 0.276 e. The maximum atomic E-state index is 12.2. The third kappa shape index (κ3) is 3.78. The average Bonchev–Trinajstić information content (AvgIpc) is 2.40. The van der Waals surface area contributed by atoms with Crippen molar-refractivity contribution in [3.8, 4) is 0 Å². The molecule has 21 heavy (non-hydrogen) atoms. The van der Waals surface area contributed by atoms with Gasteiger partial charge in [0.15, 0.2) is 0 Å². The molecule has 0 aliphatic rings. The van der Waals surface area contributed by atoms with E-state index in [1.807, 2.05) is 39.0 Å². The Morgan fingerprint density at radius 1 is 1.19 bits per heavy atom. The van der Waals surface area contributed by atoms with Gasteiger partial charge in [-0.05, 0) is 49.6 Å². The average molecular weight is 285 g/mol. The van der Waals surface area contributed by atoms with Crippen LogP contribution in [-0.2, 0) is 6.54 Å². The van der Waals surface area contributed by atoms with Crippen LogP contribution in [0.25, 0.3) is 0 Å². The van der Waals surface area contributed by atoms with Crippen LogP contribution in [-0.4, -0.2) is 15.7 Å². The summed E-state index contributed by atoms with van der Waals surface area (Å²) in [6.07, 6.45) is 0.787. The van der Waals surface area contributed by atoms with Crippen LogP contribution in [0.15, 0.2) is 35.1 Å². The van der Waals surface area contributed by atoms with Crippen LogP contribution in [0.3, 0.4) is 0 Å². The second kappa shape index (κ2) is 6.35. The summed E-state index contributed by atoms with van der Waals surface area (Å²) in [4.78, 5) is 23.8. The van der Waals surface area contributed by atoms with E-state index in [4.69, 9.17) is 0 Å². The van der Waals surface area contributed by atoms with Crippen molar-refractivity contribution < 1.29 is 4.79 Å². The maximum Gasteiger partial charge on any atom is 0.276 e. The summed E-state index contributed by atoms with van der Waals surface area (Å²) < 4.78 is 1.32. The van der Waals surface area contributed by atoms with Crippen molar-refractivity contribution in [2.45, 2.75) is 33.7 Å². The molecule has 0 fully saturated rings. The number of anilines is 1. The minimum absolute atomic E-state index is 0.195. The Morgan fingerprint density at radius 2 is 1.86 bits per heavy atom. The second-order valence-electron chi connectivity index (χ2n) is 5.11. The number of hydrogen-bond donors (Lipinski definition) is 1. The summed E-state index contributed by atoms with van der Waals surface area (Å²) in [6, 6.07) is 8.65. The zero-order chi connectivity index (χ0) is 15.4. The Bertz CT molecular complexity index is 699. The number of aryl methyl sites for hydroxylation is 3. The molecule has 0 saturated heterocycles. The highest BCUT2D eigenvalue weighted by atomic mass is 16.2. The molecule has 0 aliphatic heterocycles. The fraction of sp³-hybridized carbons (Fsp3) is 0.312. The first-order chi connectivity index (χ1) is 9.99. The maximum absolute atomic E-state index is 12.2. The highest BCUT2D eigenvalue weighted by Crippen LogP contribution is 2.14. The number of nitrogens with one attached hydrogen (secondary N) is 1. The Hall–Kier alpha value is -2.43. The van der Waals surface area contributed by atoms with Crippen LogP contribution in [0.2, 0.25) is 0 Å². The molecule has 1 aromatic heterocycles. The summed E-state index contributed by atoms with van der Waals surface area (Å²) in [5, 5.41) is 6.91. The molecule has 1 amide bonds. The SMILES string of the molecule is CCCn1nc(C(=O)Nc2cc(C)cc(C)c2)ccc1=O. The summed E-state index contributed by atoms with van der Waals surface area (Å²) in [7, 11) is 0. The predicted molar refractivity (Wildman–Crippen MR) is 82.7 cm³/mol. The Balaban J connectivity index is 2.24. The largest absolute Gasteiger partial charge is 0.321 e. The molecule has 0 unspecified atom stereocenters. The lowest BCUT2D eigenvalue weighted by Gasteiger charge is -2.08. The molecule has 0 aliphatic carbocycles. The van der Waals surface area contributed by atoms with Gasteiger partial charge in [0.2, 0.25) is 0 Å². The molecule has 1 aromatic carbocycles. The topological polar surface area (TPSA) is 64.0 Å². The molecule has 0 bridgehead atoms. The summed E-state index contributed by atoms with van der Waals surface area (Å²) >= 11 is 0. The molecule has 2 aromatic rings. The fourth-order valence-electron chi connectivity index (χ4n) is 2.18. The van der Waals surface area contributed by atoms with Crippen molar-refractivity contribution in [2.75, 3.05) is 5.32 Å². The molecule has 0 saturated carbocycles. The van der Waals surface area contributed by atoms with Crippen LogP contribution in [0.4, 0.5) is 5.69 Å². The fourth-order valence-corrected chi connectivity index (χ4v) is 2.18. The monoisotopic (exact) mass is 285 g/mol. The standard InChI is InChI=1S/C16H19N3O2/c1-4-7-19-15(20)6-5-14(18-19)16(21)17-13-9-11(2)8-12(3)10-13/h5-6,8-10H,4,7H2,1-3H3,(H,17,21). The lowest BCUT2D eigenvalue weighted by Crippen LogP contribution is -2.26. The predicted octanol–water partition coefficient (Wildman–Crippen LogP) is 2.52. The molecular formula is C16H19N3O2. The van der Waals surface area contributed by atoms with E-state index in [1.165, 1.54) is 16.8 Å². The van der Waals surface area contributed by atoms with E-state index in [0.29, 0.717) is 6.54 Å². The van der Waals surface area contributed by atoms with Crippen molar-refractivity contribution in [2.24, 2.45) is 0 Å². The van der Waals surface area contributed by atoms with Gasteiger partial charge in [0.1, 0.15) is 5.69 Å². The quantitative estimate of drug-likeness (QED) is 0.938. The van der Waals surface area contributed by atoms with E-state index in [2.05, 4.69) is 10.4 Å². The molecule has 0 radical (unpaired) electrons. The molecule has 0 spiro atoms. The molecular weight excluding hydrogens is 266 g/mol. The number of carbonyl (C=O) groups is 1. The van der Waals surface area contributed by atoms with Crippen molar-refractivity contribution in [3.63, 3.8) is 0 Å². The number of rotatable bonds is 4. The van der Waals surface area contributed by atoms with Gasteiger partial charge >= 0.3 is 0 Å². The number of carbonyl (C=O) groups excluding carboxylic acids is 1. The van der Waals surface area contributed by atoms with E-state index in [0.717, 1.165) is 23.2 Å². The van der Waals surface area contributed by atoms with Gasteiger partial charge in [0.25, 0.3) is 11.5 Å². The first kappa shape index (κ1) is 15.0. The van der Waals surface area contributed by atoms with Gasteiger partial charge < -0.3 is 5.32 Å². The van der Waals surface area contributed by atoms with E-state index in [-0.39, 0.29) is 17.2 Å². The van der Waals surface area contributed by atoms with E-state index in [1.54, 1.807) is 0 Å². The Labute approximate surface area is 123 Å². The third-order valence-electron chi connectivity index (χ3n) is 3.01. The molecule has 1 N–H and O–H groups in total. The minimum Gasteiger partial charge on any atom is -0.321 e. The number of hydrogen-bond acceptors (Lipinski definition) is 3. The lowest BCUT2D eigenvalue weighted by molar-refractivity contribution is 0.102. The molecule has 110 valence electrons. The number of amides is 1. The van der Waals surface area contributed by atoms with Gasteiger partial charge in [0.05, 0.1) is 0 Å². The zero-order valence-electron chi connectivity index (χ0n) is 12.5. The van der Waals surface area contributed by atoms with Gasteiger partial charge in [-0.2, -0.15) is 5.10 Å². The van der Waals surface area contributed by atoms with Crippen LogP contribution in [0.1, 0.15) is 35.0 Å². The molecule has 5 heteroatoms. The summed E-state index contributed by atoms with van der Waals surface area (Å²) in [6.45, 7) is 6.41. The first-order valence-corrected chi connectivity index (χ1v) is 6.97. The number of aromatic nitrogens is 2. The minimum atomic E-state index is -0.315. The summed E-state index contributed by atoms with van der Waals surface area (Å²) in [5.74, 6) is -0.315. The van der Waals surface area contributed by atoms with Crippen LogP contribution < -0.4 is 10.9 Å². The highest BCUT2D eigenvalue weighted by molar-refractivity contribution is 6.02. The Kier molecular flexibility index (Phi) is 4.52. The van der Waals surface area contributed by atoms with Crippen molar-refractivity contribution in [1.82, 2.24) is 9.78 Å². The summed E-state index contributed by atoms with van der Waals surface area (Å²) in [5.41, 5.74) is 2.93. The van der Waals surface area contributed by atoms with Gasteiger partial charge in [0, 0.05) is 18.3 Å². The van der Waals surface area contributed by atoms with Crippen molar-refractivity contribution >= 4 is 11.6 Å². The number of benzene rings is 1. The first-order valence-electron chi connectivity index (χ1n) is 6.97. The normalized spacial score (nSPS) is 10.4.